The van der Waals surface area contributed by atoms with Crippen molar-refractivity contribution in [2.45, 2.75) is 18.4 Å². The number of benzene rings is 3. The summed E-state index contributed by atoms with van der Waals surface area (Å²) in [6.07, 6.45) is 0.802. The quantitative estimate of drug-likeness (QED) is 0.121. The highest BCUT2D eigenvalue weighted by Gasteiger charge is 2.29. The molecule has 0 spiro atoms. The predicted octanol–water partition coefficient (Wildman–Crippen LogP) is 5.00. The van der Waals surface area contributed by atoms with Crippen LogP contribution in [-0.2, 0) is 30.2 Å². The average Bonchev–Trinajstić information content (AvgIpc) is 3.46. The molecule has 1 aromatic heterocycles. The number of carbonyl (C=O) groups is 2. The standard InChI is InChI=1S/C38H39N3O9/c39-24-28-11-14-30(25-40-28)49-22-20-47-18-16-45-15-17-46-19-21-48-29-12-9-27(10-13-29)23-36(37(42)43)41-38(44)50-26-35-33-7-3-1-5-31(33)32-6-2-4-8-34(32)35/h1-14,25,35-36H,15-23,26H2,(H,41,44)(H,42,43). The molecule has 4 aromatic rings. The molecular weight excluding hydrogens is 642 g/mol. The van der Waals surface area contributed by atoms with Crippen molar-refractivity contribution in [1.82, 2.24) is 10.3 Å². The number of hydrogen-bond acceptors (Lipinski definition) is 10. The van der Waals surface area contributed by atoms with Gasteiger partial charge in [0.25, 0.3) is 0 Å². The minimum atomic E-state index is -1.16. The third-order valence-corrected chi connectivity index (χ3v) is 7.88. The van der Waals surface area contributed by atoms with E-state index in [-0.39, 0.29) is 18.9 Å². The lowest BCUT2D eigenvalue weighted by Gasteiger charge is -2.17. The molecule has 0 fully saturated rings. The van der Waals surface area contributed by atoms with Crippen molar-refractivity contribution >= 4 is 12.1 Å². The fourth-order valence-electron chi connectivity index (χ4n) is 5.45. The zero-order chi connectivity index (χ0) is 35.0. The number of nitrogens with zero attached hydrogens (tertiary/aromatic N) is 2. The van der Waals surface area contributed by atoms with E-state index in [1.807, 2.05) is 42.5 Å². The topological polar surface area (TPSA) is 158 Å². The lowest BCUT2D eigenvalue weighted by atomic mass is 9.98. The van der Waals surface area contributed by atoms with Crippen LogP contribution in [0.2, 0.25) is 0 Å². The largest absolute Gasteiger partial charge is 0.491 e. The smallest absolute Gasteiger partial charge is 0.407 e. The van der Waals surface area contributed by atoms with Crippen LogP contribution in [0, 0.1) is 11.3 Å². The van der Waals surface area contributed by atoms with Crippen LogP contribution in [0.4, 0.5) is 4.79 Å². The number of alkyl carbamates (subject to hydrolysis) is 1. The Morgan fingerprint density at radius 2 is 1.28 bits per heavy atom. The number of aliphatic carboxylic acids is 1. The first-order valence-corrected chi connectivity index (χ1v) is 16.3. The van der Waals surface area contributed by atoms with E-state index in [2.05, 4.69) is 22.4 Å². The summed E-state index contributed by atoms with van der Waals surface area (Å²) in [6.45, 7) is 3.24. The summed E-state index contributed by atoms with van der Waals surface area (Å²) in [5.41, 5.74) is 5.44. The van der Waals surface area contributed by atoms with Gasteiger partial charge >= 0.3 is 12.1 Å². The number of nitrogens with one attached hydrogen (secondary N) is 1. The number of ether oxygens (including phenoxy) is 6. The van der Waals surface area contributed by atoms with Gasteiger partial charge in [-0.2, -0.15) is 5.26 Å². The number of rotatable bonds is 20. The van der Waals surface area contributed by atoms with E-state index < -0.39 is 18.1 Å². The number of carboxylic acid groups (broad SMARTS) is 1. The Hall–Kier alpha value is -5.48. The van der Waals surface area contributed by atoms with Crippen molar-refractivity contribution in [3.8, 4) is 28.7 Å². The highest BCUT2D eigenvalue weighted by Crippen LogP contribution is 2.44. The minimum Gasteiger partial charge on any atom is -0.491 e. The Labute approximate surface area is 290 Å². The highest BCUT2D eigenvalue weighted by atomic mass is 16.6. The van der Waals surface area contributed by atoms with Crippen LogP contribution in [0.5, 0.6) is 11.5 Å². The summed E-state index contributed by atoms with van der Waals surface area (Å²) < 4.78 is 33.2. The number of carbonyl (C=O) groups excluding carboxylic acids is 1. The Kier molecular flexibility index (Phi) is 13.5. The molecule has 1 aliphatic rings. The monoisotopic (exact) mass is 681 g/mol. The van der Waals surface area contributed by atoms with Crippen LogP contribution in [0.1, 0.15) is 28.3 Å². The van der Waals surface area contributed by atoms with Gasteiger partial charge in [0.05, 0.1) is 45.8 Å². The van der Waals surface area contributed by atoms with Crippen LogP contribution in [0.25, 0.3) is 11.1 Å². The van der Waals surface area contributed by atoms with Gasteiger partial charge in [0.2, 0.25) is 0 Å². The van der Waals surface area contributed by atoms with E-state index in [0.717, 1.165) is 27.8 Å². The summed E-state index contributed by atoms with van der Waals surface area (Å²) in [4.78, 5) is 28.6. The number of fused-ring (bicyclic) bond motifs is 3. The lowest BCUT2D eigenvalue weighted by Crippen LogP contribution is -2.42. The molecule has 5 rings (SSSR count). The zero-order valence-electron chi connectivity index (χ0n) is 27.5. The molecule has 1 atom stereocenters. The number of nitriles is 1. The molecule has 0 aliphatic heterocycles. The molecule has 0 bridgehead atoms. The Balaban J connectivity index is 0.913. The molecule has 12 nitrogen and oxygen atoms in total. The van der Waals surface area contributed by atoms with Crippen LogP contribution in [0.15, 0.2) is 91.1 Å². The van der Waals surface area contributed by atoms with Gasteiger partial charge in [-0.25, -0.2) is 14.6 Å². The third kappa shape index (κ3) is 10.5. The van der Waals surface area contributed by atoms with E-state index in [0.29, 0.717) is 70.0 Å². The van der Waals surface area contributed by atoms with Crippen molar-refractivity contribution in [2.24, 2.45) is 0 Å². The maximum absolute atomic E-state index is 12.7. The lowest BCUT2D eigenvalue weighted by molar-refractivity contribution is -0.139. The molecule has 2 N–H and O–H groups in total. The van der Waals surface area contributed by atoms with Crippen molar-refractivity contribution in [1.29, 1.82) is 5.26 Å². The highest BCUT2D eigenvalue weighted by molar-refractivity contribution is 5.81. The second-order valence-electron chi connectivity index (χ2n) is 11.2. The van der Waals surface area contributed by atoms with Crippen LogP contribution < -0.4 is 14.8 Å². The van der Waals surface area contributed by atoms with Gasteiger partial charge in [-0.05, 0) is 52.1 Å². The number of carboxylic acids is 1. The number of amides is 1. The van der Waals surface area contributed by atoms with Gasteiger partial charge in [0.1, 0.15) is 49.1 Å². The van der Waals surface area contributed by atoms with Crippen molar-refractivity contribution in [2.75, 3.05) is 59.5 Å². The molecule has 260 valence electrons. The maximum Gasteiger partial charge on any atom is 0.407 e. The van der Waals surface area contributed by atoms with Crippen LogP contribution in [0.3, 0.4) is 0 Å². The fraction of sp³-hybridized carbons (Fsp3) is 0.316. The normalized spacial score (nSPS) is 12.3. The SMILES string of the molecule is N#Cc1ccc(OCCOCCOCCOCCOc2ccc(CC(NC(=O)OCC3c4ccccc4-c4ccccc43)C(=O)O)cc2)cn1. The zero-order valence-corrected chi connectivity index (χ0v) is 27.5. The van der Waals surface area contributed by atoms with E-state index in [1.54, 1.807) is 36.4 Å². The number of pyridine rings is 1. The van der Waals surface area contributed by atoms with E-state index in [9.17, 15) is 14.7 Å². The van der Waals surface area contributed by atoms with Gasteiger partial charge in [0.15, 0.2) is 0 Å². The fourth-order valence-corrected chi connectivity index (χ4v) is 5.45. The molecule has 1 amide bonds. The predicted molar refractivity (Wildman–Crippen MR) is 182 cm³/mol. The van der Waals surface area contributed by atoms with Gasteiger partial charge in [0, 0.05) is 12.3 Å². The Bertz CT molecular complexity index is 1680. The van der Waals surface area contributed by atoms with E-state index in [1.165, 1.54) is 6.20 Å². The van der Waals surface area contributed by atoms with Crippen LogP contribution >= 0.6 is 0 Å². The second-order valence-corrected chi connectivity index (χ2v) is 11.2. The van der Waals surface area contributed by atoms with Gasteiger partial charge in [-0.1, -0.05) is 60.7 Å². The molecule has 0 radical (unpaired) electrons. The summed E-state index contributed by atoms with van der Waals surface area (Å²) in [5.74, 6) is -0.0852. The minimum absolute atomic E-state index is 0.0814. The molecule has 3 aromatic carbocycles. The molecule has 1 unspecified atom stereocenters. The first-order valence-electron chi connectivity index (χ1n) is 16.3. The molecule has 0 saturated heterocycles. The molecule has 1 heterocycles. The number of hydrogen-bond donors (Lipinski definition) is 2. The van der Waals surface area contributed by atoms with Crippen LogP contribution in [-0.4, -0.2) is 87.7 Å². The molecular formula is C38H39N3O9. The maximum atomic E-state index is 12.7. The summed E-state index contributed by atoms with van der Waals surface area (Å²) in [7, 11) is 0. The van der Waals surface area contributed by atoms with Crippen molar-refractivity contribution < 1.29 is 43.1 Å². The first-order chi connectivity index (χ1) is 24.5. The molecule has 12 heteroatoms. The van der Waals surface area contributed by atoms with Gasteiger partial charge in [-0.3, -0.25) is 0 Å². The number of aromatic nitrogens is 1. The van der Waals surface area contributed by atoms with E-state index >= 15 is 0 Å². The van der Waals surface area contributed by atoms with Gasteiger partial charge in [-0.15, -0.1) is 0 Å². The molecule has 0 saturated carbocycles. The summed E-state index contributed by atoms with van der Waals surface area (Å²) >= 11 is 0. The summed E-state index contributed by atoms with van der Waals surface area (Å²) in [5, 5.41) is 21.0. The average molecular weight is 682 g/mol. The first kappa shape index (κ1) is 35.8. The third-order valence-electron chi connectivity index (χ3n) is 7.88. The summed E-state index contributed by atoms with van der Waals surface area (Å²) in [6, 6.07) is 27.1. The van der Waals surface area contributed by atoms with Crippen molar-refractivity contribution in [3.63, 3.8) is 0 Å². The van der Waals surface area contributed by atoms with E-state index in [4.69, 9.17) is 33.7 Å². The second kappa shape index (κ2) is 18.9. The molecule has 1 aliphatic carbocycles. The Morgan fingerprint density at radius 3 is 1.82 bits per heavy atom. The Morgan fingerprint density at radius 1 is 0.740 bits per heavy atom. The van der Waals surface area contributed by atoms with Gasteiger partial charge < -0.3 is 38.8 Å². The van der Waals surface area contributed by atoms with Crippen molar-refractivity contribution in [3.05, 3.63) is 114 Å². The molecule has 50 heavy (non-hydrogen) atoms.